The summed E-state index contributed by atoms with van der Waals surface area (Å²) in [4.78, 5) is 0. The van der Waals surface area contributed by atoms with Gasteiger partial charge in [0.1, 0.15) is 0 Å². The van der Waals surface area contributed by atoms with Crippen molar-refractivity contribution in [1.29, 1.82) is 0 Å². The molecule has 0 fully saturated rings. The van der Waals surface area contributed by atoms with E-state index < -0.39 is 0 Å². The summed E-state index contributed by atoms with van der Waals surface area (Å²) in [6, 6.07) is 17.8. The molecule has 0 bridgehead atoms. The van der Waals surface area contributed by atoms with Crippen LogP contribution in [0, 0.1) is 0 Å². The third kappa shape index (κ3) is 3.02. The fourth-order valence-electron chi connectivity index (χ4n) is 1.90. The minimum absolute atomic E-state index is 1.12. The van der Waals surface area contributed by atoms with Gasteiger partial charge in [-0.15, -0.1) is 0 Å². The van der Waals surface area contributed by atoms with Gasteiger partial charge in [-0.1, -0.05) is 24.3 Å². The molecule has 2 aromatic rings. The Morgan fingerprint density at radius 1 is 0.500 bits per heavy atom. The lowest BCUT2D eigenvalue weighted by molar-refractivity contribution is 1.54. The molecule has 0 amide bonds. The van der Waals surface area contributed by atoms with Gasteiger partial charge in [-0.2, -0.15) is 0 Å². The lowest BCUT2D eigenvalue weighted by Gasteiger charge is -2.15. The molecule has 94 valence electrons. The fraction of sp³-hybridized carbons (Fsp3) is 0. The zero-order valence-corrected chi connectivity index (χ0v) is 19.5. The summed E-state index contributed by atoms with van der Waals surface area (Å²) in [6.45, 7) is 0. The van der Waals surface area contributed by atoms with Gasteiger partial charge in [0.25, 0.3) is 0 Å². The molecule has 0 saturated carbocycles. The van der Waals surface area contributed by atoms with E-state index in [1.165, 1.54) is 22.5 Å². The Bertz CT molecular complexity index is 459. The third-order valence-corrected chi connectivity index (χ3v) is 5.17. The first-order valence-electron chi connectivity index (χ1n) is 6.13. The number of nitrogens with zero attached hydrogens (tertiary/aromatic N) is 2. The van der Waals surface area contributed by atoms with E-state index in [-0.39, 0.29) is 0 Å². The number of anilines is 2. The van der Waals surface area contributed by atoms with E-state index in [9.17, 15) is 0 Å². The second-order valence-corrected chi connectivity index (χ2v) is 13.8. The van der Waals surface area contributed by atoms with Gasteiger partial charge in [0.2, 0.25) is 0 Å². The van der Waals surface area contributed by atoms with Crippen molar-refractivity contribution < 1.29 is 0 Å². The molecule has 2 rings (SSSR count). The molecule has 0 saturated heterocycles. The Kier molecular flexibility index (Phi) is 4.22. The van der Waals surface area contributed by atoms with Gasteiger partial charge >= 0.3 is 0 Å². The van der Waals surface area contributed by atoms with Gasteiger partial charge in [0, 0.05) is 11.4 Å². The molecular weight excluding hydrogens is 284 g/mol. The Labute approximate surface area is 121 Å². The minimum Gasteiger partial charge on any atom is -0.439 e. The summed E-state index contributed by atoms with van der Waals surface area (Å²) in [5.41, 5.74) is 5.34. The summed E-state index contributed by atoms with van der Waals surface area (Å²) in [5.74, 6) is 0. The van der Waals surface area contributed by atoms with Gasteiger partial charge in [0.05, 0.1) is 41.6 Å². The van der Waals surface area contributed by atoms with Crippen LogP contribution in [0.1, 0.15) is 0 Å². The first-order chi connectivity index (χ1) is 8.58. The van der Waals surface area contributed by atoms with Gasteiger partial charge in [-0.25, -0.2) is 0 Å². The van der Waals surface area contributed by atoms with Gasteiger partial charge < -0.3 is 8.46 Å². The highest BCUT2D eigenvalue weighted by molar-refractivity contribution is 6.42. The molecule has 0 aliphatic carbocycles. The standard InChI is InChI=1S/C12H20N2Si4/c15-13(16)11-5-1-9(2-6-11)10-3-7-12(8-4-10)14(17)18/h1-8H,15-18H3. The van der Waals surface area contributed by atoms with Crippen LogP contribution in [0.4, 0.5) is 11.4 Å². The van der Waals surface area contributed by atoms with Gasteiger partial charge in [-0.3, -0.25) is 0 Å². The fourth-order valence-corrected chi connectivity index (χ4v) is 3.10. The summed E-state index contributed by atoms with van der Waals surface area (Å²) in [6.07, 6.45) is 0. The lowest BCUT2D eigenvalue weighted by Crippen LogP contribution is -2.13. The van der Waals surface area contributed by atoms with E-state index in [0.717, 1.165) is 41.6 Å². The molecule has 0 heterocycles. The second kappa shape index (κ2) is 5.70. The molecule has 0 spiro atoms. The molecule has 18 heavy (non-hydrogen) atoms. The van der Waals surface area contributed by atoms with E-state index in [4.69, 9.17) is 0 Å². The van der Waals surface area contributed by atoms with Gasteiger partial charge in [0.15, 0.2) is 0 Å². The predicted molar refractivity (Wildman–Crippen MR) is 96.6 cm³/mol. The molecule has 6 heteroatoms. The minimum atomic E-state index is 1.12. The van der Waals surface area contributed by atoms with Crippen molar-refractivity contribution in [3.8, 4) is 11.1 Å². The summed E-state index contributed by atoms with van der Waals surface area (Å²) < 4.78 is 4.79. The summed E-state index contributed by atoms with van der Waals surface area (Å²) in [5, 5.41) is 0. The van der Waals surface area contributed by atoms with E-state index in [2.05, 4.69) is 57.0 Å². The molecule has 0 aliphatic rings. The van der Waals surface area contributed by atoms with Crippen molar-refractivity contribution in [1.82, 2.24) is 0 Å². The molecule has 2 nitrogen and oxygen atoms in total. The highest BCUT2D eigenvalue weighted by Crippen LogP contribution is 2.24. The van der Waals surface area contributed by atoms with E-state index in [1.807, 2.05) is 0 Å². The molecule has 0 N–H and O–H groups in total. The van der Waals surface area contributed by atoms with Crippen molar-refractivity contribution in [2.45, 2.75) is 0 Å². The molecule has 0 unspecified atom stereocenters. The molecular formula is C12H20N2Si4. The summed E-state index contributed by atoms with van der Waals surface area (Å²) >= 11 is 0. The molecule has 0 aliphatic heterocycles. The Morgan fingerprint density at radius 3 is 1.00 bits per heavy atom. The van der Waals surface area contributed by atoms with Crippen molar-refractivity contribution in [2.24, 2.45) is 0 Å². The first-order valence-corrected chi connectivity index (χ1v) is 9.71. The smallest absolute Gasteiger partial charge is 0.0965 e. The third-order valence-electron chi connectivity index (χ3n) is 3.10. The van der Waals surface area contributed by atoms with Crippen molar-refractivity contribution in [2.75, 3.05) is 8.46 Å². The number of benzene rings is 2. The highest BCUT2D eigenvalue weighted by Gasteiger charge is 2.00. The molecule has 0 aromatic heterocycles. The van der Waals surface area contributed by atoms with E-state index in [0.29, 0.717) is 0 Å². The van der Waals surface area contributed by atoms with Crippen LogP contribution in [0.2, 0.25) is 0 Å². The van der Waals surface area contributed by atoms with E-state index >= 15 is 0 Å². The maximum absolute atomic E-state index is 2.40. The topological polar surface area (TPSA) is 6.48 Å². The Morgan fingerprint density at radius 2 is 0.778 bits per heavy atom. The van der Waals surface area contributed by atoms with Crippen LogP contribution in [0.5, 0.6) is 0 Å². The number of hydrogen-bond acceptors (Lipinski definition) is 2. The van der Waals surface area contributed by atoms with Crippen molar-refractivity contribution >= 4 is 53.0 Å². The predicted octanol–water partition coefficient (Wildman–Crippen LogP) is -1.91. The average Bonchev–Trinajstić information content (AvgIpc) is 2.39. The molecule has 0 atom stereocenters. The van der Waals surface area contributed by atoms with Crippen molar-refractivity contribution in [3.05, 3.63) is 48.5 Å². The quantitative estimate of drug-likeness (QED) is 0.611. The number of hydrogen-bond donors (Lipinski definition) is 0. The second-order valence-electron chi connectivity index (χ2n) is 4.88. The van der Waals surface area contributed by atoms with Crippen LogP contribution < -0.4 is 8.46 Å². The largest absolute Gasteiger partial charge is 0.439 e. The Hall–Kier alpha value is -1.09. The summed E-state index contributed by atoms with van der Waals surface area (Å²) in [7, 11) is 4.47. The molecule has 2 aromatic carbocycles. The zero-order chi connectivity index (χ0) is 13.1. The maximum atomic E-state index is 2.40. The van der Waals surface area contributed by atoms with Crippen LogP contribution in [0.15, 0.2) is 48.5 Å². The van der Waals surface area contributed by atoms with E-state index in [1.54, 1.807) is 0 Å². The van der Waals surface area contributed by atoms with Crippen LogP contribution in [0.3, 0.4) is 0 Å². The average molecular weight is 305 g/mol. The van der Waals surface area contributed by atoms with Crippen molar-refractivity contribution in [3.63, 3.8) is 0 Å². The zero-order valence-electron chi connectivity index (χ0n) is 11.5. The van der Waals surface area contributed by atoms with Gasteiger partial charge in [-0.05, 0) is 35.4 Å². The SMILES string of the molecule is [SiH3]N([SiH3])c1ccc(-c2ccc(N([SiH3])[SiH3])cc2)cc1. The van der Waals surface area contributed by atoms with Crippen LogP contribution in [-0.2, 0) is 0 Å². The normalized spacial score (nSPS) is 10.9. The monoisotopic (exact) mass is 304 g/mol. The Balaban J connectivity index is 2.25. The van der Waals surface area contributed by atoms with Crippen LogP contribution in [0.25, 0.3) is 11.1 Å². The number of rotatable bonds is 3. The maximum Gasteiger partial charge on any atom is 0.0965 e. The van der Waals surface area contributed by atoms with Crippen LogP contribution in [-0.4, -0.2) is 41.6 Å². The lowest BCUT2D eigenvalue weighted by atomic mass is 10.1. The molecule has 0 radical (unpaired) electrons. The van der Waals surface area contributed by atoms with Crippen LogP contribution >= 0.6 is 0 Å². The first kappa shape index (κ1) is 13.3. The highest BCUT2D eigenvalue weighted by atomic mass is 28.2.